The number of amides is 5. The summed E-state index contributed by atoms with van der Waals surface area (Å²) in [6.07, 6.45) is -2.33. The second-order valence-corrected chi connectivity index (χ2v) is 6.43. The predicted molar refractivity (Wildman–Crippen MR) is 94.9 cm³/mol. The molecular formula is C18H21N3O7. The SMILES string of the molecule is COC(=O)NC(=O)[C@H](C)OC(=O)CN1C(=O)N[C@@](C)(c2ccc(C)cc2)C1=O. The third-order valence-electron chi connectivity index (χ3n) is 4.28. The summed E-state index contributed by atoms with van der Waals surface area (Å²) in [6.45, 7) is 3.98. The topological polar surface area (TPSA) is 131 Å². The van der Waals surface area contributed by atoms with E-state index >= 15 is 0 Å². The summed E-state index contributed by atoms with van der Waals surface area (Å²) < 4.78 is 9.14. The quantitative estimate of drug-likeness (QED) is 0.554. The number of hydrogen-bond acceptors (Lipinski definition) is 7. The molecule has 28 heavy (non-hydrogen) atoms. The fourth-order valence-electron chi connectivity index (χ4n) is 2.59. The molecule has 0 spiro atoms. The van der Waals surface area contributed by atoms with Crippen LogP contribution in [0.4, 0.5) is 9.59 Å². The van der Waals surface area contributed by atoms with Gasteiger partial charge in [-0.25, -0.2) is 9.59 Å². The maximum Gasteiger partial charge on any atom is 0.413 e. The Kier molecular flexibility index (Phi) is 6.02. The van der Waals surface area contributed by atoms with Crippen LogP contribution in [0.15, 0.2) is 24.3 Å². The Balaban J connectivity index is 2.04. The van der Waals surface area contributed by atoms with Crippen molar-refractivity contribution in [3.8, 4) is 0 Å². The minimum Gasteiger partial charge on any atom is -0.453 e. The number of aryl methyl sites for hydroxylation is 1. The van der Waals surface area contributed by atoms with Crippen LogP contribution in [-0.4, -0.2) is 54.6 Å². The number of hydrogen-bond donors (Lipinski definition) is 2. The smallest absolute Gasteiger partial charge is 0.413 e. The highest BCUT2D eigenvalue weighted by atomic mass is 16.6. The van der Waals surface area contributed by atoms with Crippen LogP contribution in [0.3, 0.4) is 0 Å². The molecule has 10 heteroatoms. The van der Waals surface area contributed by atoms with Crippen molar-refractivity contribution in [2.75, 3.05) is 13.7 Å². The lowest BCUT2D eigenvalue weighted by atomic mass is 9.91. The number of urea groups is 1. The molecule has 5 amide bonds. The van der Waals surface area contributed by atoms with Gasteiger partial charge in [0.05, 0.1) is 7.11 Å². The second kappa shape index (κ2) is 8.07. The maximum absolute atomic E-state index is 12.8. The molecule has 1 heterocycles. The van der Waals surface area contributed by atoms with Gasteiger partial charge >= 0.3 is 18.1 Å². The Morgan fingerprint density at radius 1 is 1.21 bits per heavy atom. The highest BCUT2D eigenvalue weighted by Crippen LogP contribution is 2.28. The predicted octanol–water partition coefficient (Wildman–Crippen LogP) is 0.576. The van der Waals surface area contributed by atoms with Crippen molar-refractivity contribution in [2.45, 2.75) is 32.4 Å². The lowest BCUT2D eigenvalue weighted by molar-refractivity contribution is -0.156. The lowest BCUT2D eigenvalue weighted by Gasteiger charge is -2.22. The molecule has 2 rings (SSSR count). The van der Waals surface area contributed by atoms with Crippen LogP contribution in [0.25, 0.3) is 0 Å². The molecule has 1 aromatic rings. The Hall–Kier alpha value is -3.43. The number of carbonyl (C=O) groups is 5. The molecular weight excluding hydrogens is 370 g/mol. The summed E-state index contributed by atoms with van der Waals surface area (Å²) in [6, 6.07) is 6.29. The molecule has 1 saturated heterocycles. The van der Waals surface area contributed by atoms with Gasteiger partial charge in [0.1, 0.15) is 12.1 Å². The second-order valence-electron chi connectivity index (χ2n) is 6.43. The Labute approximate surface area is 161 Å². The van der Waals surface area contributed by atoms with E-state index in [4.69, 9.17) is 4.74 Å². The van der Waals surface area contributed by atoms with Crippen LogP contribution in [0.5, 0.6) is 0 Å². The van der Waals surface area contributed by atoms with Gasteiger partial charge in [0, 0.05) is 0 Å². The number of rotatable bonds is 5. The molecule has 10 nitrogen and oxygen atoms in total. The molecule has 0 radical (unpaired) electrons. The van der Waals surface area contributed by atoms with Crippen molar-refractivity contribution >= 4 is 29.9 Å². The summed E-state index contributed by atoms with van der Waals surface area (Å²) in [7, 11) is 1.07. The van der Waals surface area contributed by atoms with Crippen LogP contribution in [0.2, 0.25) is 0 Å². The number of methoxy groups -OCH3 is 1. The zero-order chi connectivity index (χ0) is 21.1. The van der Waals surface area contributed by atoms with Crippen LogP contribution in [0.1, 0.15) is 25.0 Å². The normalized spacial score (nSPS) is 19.6. The van der Waals surface area contributed by atoms with Gasteiger partial charge in [-0.15, -0.1) is 0 Å². The summed E-state index contributed by atoms with van der Waals surface area (Å²) in [5.74, 6) is -2.50. The van der Waals surface area contributed by atoms with Gasteiger partial charge in [-0.05, 0) is 26.3 Å². The number of benzene rings is 1. The third kappa shape index (κ3) is 4.27. The Morgan fingerprint density at radius 3 is 2.39 bits per heavy atom. The molecule has 1 aromatic carbocycles. The van der Waals surface area contributed by atoms with Crippen LogP contribution in [-0.2, 0) is 29.4 Å². The minimum absolute atomic E-state index is 0.568. The lowest BCUT2D eigenvalue weighted by Crippen LogP contribution is -2.43. The highest BCUT2D eigenvalue weighted by molar-refractivity contribution is 6.09. The third-order valence-corrected chi connectivity index (χ3v) is 4.28. The Bertz CT molecular complexity index is 821. The van der Waals surface area contributed by atoms with Gasteiger partial charge in [0.15, 0.2) is 6.10 Å². The van der Waals surface area contributed by atoms with Gasteiger partial charge in [0.2, 0.25) is 0 Å². The maximum atomic E-state index is 12.8. The number of nitrogens with zero attached hydrogens (tertiary/aromatic N) is 1. The van der Waals surface area contributed by atoms with E-state index in [0.717, 1.165) is 12.7 Å². The average molecular weight is 391 g/mol. The Morgan fingerprint density at radius 2 is 1.82 bits per heavy atom. The molecule has 150 valence electrons. The van der Waals surface area contributed by atoms with E-state index in [1.165, 1.54) is 13.8 Å². The standard InChI is InChI=1S/C18H21N3O7/c1-10-5-7-12(8-6-10)18(3)15(24)21(16(25)20-18)9-13(22)28-11(2)14(23)19-17(26)27-4/h5-8,11H,9H2,1-4H3,(H,20,25)(H,19,23,26)/t11-,18-/m0/s1. The summed E-state index contributed by atoms with van der Waals surface area (Å²) in [5, 5.41) is 4.42. The van der Waals surface area contributed by atoms with E-state index in [9.17, 15) is 24.0 Å². The molecule has 0 unspecified atom stereocenters. The molecule has 1 fully saturated rings. The van der Waals surface area contributed by atoms with Gasteiger partial charge in [-0.1, -0.05) is 29.8 Å². The fraction of sp³-hybridized carbons (Fsp3) is 0.389. The first-order valence-corrected chi connectivity index (χ1v) is 8.38. The van der Waals surface area contributed by atoms with Crippen molar-refractivity contribution in [1.82, 2.24) is 15.5 Å². The largest absolute Gasteiger partial charge is 0.453 e. The van der Waals surface area contributed by atoms with Crippen molar-refractivity contribution in [2.24, 2.45) is 0 Å². The van der Waals surface area contributed by atoms with Gasteiger partial charge in [-0.2, -0.15) is 0 Å². The molecule has 0 bridgehead atoms. The zero-order valence-corrected chi connectivity index (χ0v) is 15.9. The average Bonchev–Trinajstić information content (AvgIpc) is 2.85. The van der Waals surface area contributed by atoms with E-state index in [2.05, 4.69) is 10.1 Å². The number of carbonyl (C=O) groups excluding carboxylic acids is 5. The van der Waals surface area contributed by atoms with E-state index in [-0.39, 0.29) is 0 Å². The van der Waals surface area contributed by atoms with Crippen LogP contribution >= 0.6 is 0 Å². The summed E-state index contributed by atoms with van der Waals surface area (Å²) in [4.78, 5) is 60.4. The molecule has 0 aromatic heterocycles. The monoisotopic (exact) mass is 391 g/mol. The first-order valence-electron chi connectivity index (χ1n) is 8.38. The number of ether oxygens (including phenoxy) is 2. The molecule has 0 saturated carbocycles. The van der Waals surface area contributed by atoms with Crippen molar-refractivity contribution in [3.63, 3.8) is 0 Å². The number of imide groups is 2. The molecule has 2 atom stereocenters. The first-order chi connectivity index (χ1) is 13.1. The van der Waals surface area contributed by atoms with Gasteiger partial charge in [-0.3, -0.25) is 24.6 Å². The van der Waals surface area contributed by atoms with Crippen molar-refractivity contribution < 1.29 is 33.4 Å². The van der Waals surface area contributed by atoms with E-state index < -0.39 is 48.1 Å². The zero-order valence-electron chi connectivity index (χ0n) is 15.9. The molecule has 2 N–H and O–H groups in total. The van der Waals surface area contributed by atoms with E-state index in [1.807, 2.05) is 12.2 Å². The number of nitrogens with one attached hydrogen (secondary N) is 2. The van der Waals surface area contributed by atoms with Crippen LogP contribution in [0, 0.1) is 6.92 Å². The fourth-order valence-corrected chi connectivity index (χ4v) is 2.59. The van der Waals surface area contributed by atoms with E-state index in [1.54, 1.807) is 24.3 Å². The minimum atomic E-state index is -1.32. The van der Waals surface area contributed by atoms with Gasteiger partial charge < -0.3 is 14.8 Å². The first kappa shape index (κ1) is 20.9. The van der Waals surface area contributed by atoms with Crippen molar-refractivity contribution in [1.29, 1.82) is 0 Å². The highest BCUT2D eigenvalue weighted by Gasteiger charge is 2.49. The summed E-state index contributed by atoms with van der Waals surface area (Å²) in [5.41, 5.74) is 0.237. The van der Waals surface area contributed by atoms with E-state index in [0.29, 0.717) is 10.5 Å². The van der Waals surface area contributed by atoms with Crippen LogP contribution < -0.4 is 10.6 Å². The van der Waals surface area contributed by atoms with Gasteiger partial charge in [0.25, 0.3) is 11.8 Å². The number of esters is 1. The molecule has 1 aliphatic heterocycles. The number of alkyl carbamates (subject to hydrolysis) is 1. The summed E-state index contributed by atoms with van der Waals surface area (Å²) >= 11 is 0. The molecule has 0 aliphatic carbocycles. The molecule has 1 aliphatic rings. The van der Waals surface area contributed by atoms with Crippen molar-refractivity contribution in [3.05, 3.63) is 35.4 Å².